The van der Waals surface area contributed by atoms with Gasteiger partial charge in [0.15, 0.2) is 6.04 Å². The smallest absolute Gasteiger partial charge is 0.302 e. The summed E-state index contributed by atoms with van der Waals surface area (Å²) < 4.78 is 0. The summed E-state index contributed by atoms with van der Waals surface area (Å²) in [6, 6.07) is -0.684. The highest BCUT2D eigenvalue weighted by molar-refractivity contribution is 5.86. The summed E-state index contributed by atoms with van der Waals surface area (Å²) in [5.41, 5.74) is 2.82. The van der Waals surface area contributed by atoms with E-state index in [2.05, 4.69) is 36.2 Å². The molecule has 1 amide bonds. The van der Waals surface area contributed by atoms with Gasteiger partial charge >= 0.3 is 5.95 Å². The Bertz CT molecular complexity index is 355. The molecule has 0 spiro atoms. The van der Waals surface area contributed by atoms with E-state index in [0.29, 0.717) is 12.1 Å². The average Bonchev–Trinajstić information content (AvgIpc) is 2.78. The molecule has 0 radical (unpaired) electrons. The summed E-state index contributed by atoms with van der Waals surface area (Å²) in [6.07, 6.45) is 3.37. The molecule has 6 heteroatoms. The predicted octanol–water partition coefficient (Wildman–Crippen LogP) is 0.694. The van der Waals surface area contributed by atoms with Gasteiger partial charge in [-0.1, -0.05) is 19.6 Å². The number of carbonyl (C=O) groups excluding carboxylic acids is 1. The van der Waals surface area contributed by atoms with Crippen molar-refractivity contribution in [3.8, 4) is 0 Å². The van der Waals surface area contributed by atoms with Crippen LogP contribution in [0.4, 0.5) is 0 Å². The first kappa shape index (κ1) is 15.5. The van der Waals surface area contributed by atoms with Crippen LogP contribution in [0.2, 0.25) is 0 Å². The second-order valence-electron chi connectivity index (χ2n) is 4.51. The van der Waals surface area contributed by atoms with E-state index >= 15 is 0 Å². The summed E-state index contributed by atoms with van der Waals surface area (Å²) in [5, 5.41) is 12.2. The van der Waals surface area contributed by atoms with Crippen LogP contribution in [0.1, 0.15) is 19.8 Å². The lowest BCUT2D eigenvalue weighted by Crippen LogP contribution is -2.42. The number of nitrogens with zero attached hydrogens (tertiary/aromatic N) is 1. The molecule has 19 heavy (non-hydrogen) atoms. The molecule has 0 unspecified atom stereocenters. The van der Waals surface area contributed by atoms with Gasteiger partial charge in [0.1, 0.15) is 0 Å². The molecule has 1 atom stereocenters. The second-order valence-corrected chi connectivity index (χ2v) is 4.51. The quantitative estimate of drug-likeness (QED) is 0.565. The van der Waals surface area contributed by atoms with Crippen LogP contribution >= 0.6 is 0 Å². The lowest BCUT2D eigenvalue weighted by Gasteiger charge is -2.14. The van der Waals surface area contributed by atoms with Gasteiger partial charge in [0.05, 0.1) is 5.57 Å². The average molecular weight is 269 g/mol. The van der Waals surface area contributed by atoms with Crippen LogP contribution in [-0.4, -0.2) is 48.6 Å². The molecule has 6 nitrogen and oxygen atoms in total. The SMILES string of the molecule is C=CC1=C(O)ON[C@@H]1C(=O)NCCCCN(C)CC. The lowest BCUT2D eigenvalue weighted by atomic mass is 10.1. The zero-order valence-electron chi connectivity index (χ0n) is 11.6. The Kier molecular flexibility index (Phi) is 6.38. The molecule has 0 fully saturated rings. The van der Waals surface area contributed by atoms with Crippen molar-refractivity contribution < 1.29 is 14.7 Å². The molecule has 1 aliphatic rings. The highest BCUT2D eigenvalue weighted by atomic mass is 16.7. The fourth-order valence-corrected chi connectivity index (χ4v) is 1.74. The number of rotatable bonds is 8. The maximum Gasteiger partial charge on any atom is 0.302 e. The Balaban J connectivity index is 2.24. The summed E-state index contributed by atoms with van der Waals surface area (Å²) >= 11 is 0. The molecule has 0 aliphatic carbocycles. The standard InChI is InChI=1S/C13H23N3O3/c1-4-10-11(15-19-13(10)18)12(17)14-8-6-7-9-16(3)5-2/h4,11,15,18H,1,5-9H2,2-3H3,(H,14,17)/t11-/m0/s1. The first-order valence-corrected chi connectivity index (χ1v) is 6.54. The summed E-state index contributed by atoms with van der Waals surface area (Å²) in [6.45, 7) is 8.32. The van der Waals surface area contributed by atoms with Crippen molar-refractivity contribution in [3.05, 3.63) is 24.2 Å². The molecule has 0 saturated heterocycles. The van der Waals surface area contributed by atoms with E-state index in [4.69, 9.17) is 4.84 Å². The van der Waals surface area contributed by atoms with Crippen molar-refractivity contribution in [2.24, 2.45) is 0 Å². The fourth-order valence-electron chi connectivity index (χ4n) is 1.74. The van der Waals surface area contributed by atoms with E-state index in [0.717, 1.165) is 25.9 Å². The van der Waals surface area contributed by atoms with E-state index in [1.54, 1.807) is 0 Å². The van der Waals surface area contributed by atoms with E-state index < -0.39 is 6.04 Å². The van der Waals surface area contributed by atoms with Gasteiger partial charge in [-0.25, -0.2) is 0 Å². The van der Waals surface area contributed by atoms with Crippen molar-refractivity contribution in [1.29, 1.82) is 0 Å². The van der Waals surface area contributed by atoms with Gasteiger partial charge in [-0.2, -0.15) is 0 Å². The second kappa shape index (κ2) is 7.81. The number of amides is 1. The largest absolute Gasteiger partial charge is 0.480 e. The molecule has 0 saturated carbocycles. The van der Waals surface area contributed by atoms with E-state index in [-0.39, 0.29) is 11.9 Å². The van der Waals surface area contributed by atoms with Gasteiger partial charge in [-0.05, 0) is 33.0 Å². The number of aliphatic hydroxyl groups is 1. The first-order chi connectivity index (χ1) is 9.10. The number of carbonyl (C=O) groups is 1. The number of hydrogen-bond donors (Lipinski definition) is 3. The minimum absolute atomic E-state index is 0.220. The molecule has 1 aliphatic heterocycles. The molecule has 1 heterocycles. The zero-order valence-corrected chi connectivity index (χ0v) is 11.6. The lowest BCUT2D eigenvalue weighted by molar-refractivity contribution is -0.124. The number of unbranched alkanes of at least 4 members (excludes halogenated alkanes) is 1. The molecule has 0 bridgehead atoms. The van der Waals surface area contributed by atoms with Gasteiger partial charge in [0.25, 0.3) is 0 Å². The molecule has 0 aromatic rings. The van der Waals surface area contributed by atoms with Crippen molar-refractivity contribution >= 4 is 5.91 Å². The van der Waals surface area contributed by atoms with Gasteiger partial charge in [0.2, 0.25) is 5.91 Å². The number of hydrogen-bond acceptors (Lipinski definition) is 5. The first-order valence-electron chi connectivity index (χ1n) is 6.54. The van der Waals surface area contributed by atoms with Crippen molar-refractivity contribution in [1.82, 2.24) is 15.7 Å². The van der Waals surface area contributed by atoms with Crippen LogP contribution < -0.4 is 10.8 Å². The molecule has 0 aromatic carbocycles. The van der Waals surface area contributed by atoms with E-state index in [1.165, 1.54) is 6.08 Å². The Morgan fingerprint density at radius 3 is 3.00 bits per heavy atom. The highest BCUT2D eigenvalue weighted by Crippen LogP contribution is 2.16. The van der Waals surface area contributed by atoms with E-state index in [9.17, 15) is 9.90 Å². The number of nitrogens with one attached hydrogen (secondary N) is 2. The van der Waals surface area contributed by atoms with Crippen molar-refractivity contribution in [2.75, 3.05) is 26.7 Å². The third-order valence-electron chi connectivity index (χ3n) is 3.12. The van der Waals surface area contributed by atoms with Crippen LogP contribution in [0.15, 0.2) is 24.2 Å². The maximum absolute atomic E-state index is 11.9. The Hall–Kier alpha value is -1.53. The van der Waals surface area contributed by atoms with Crippen LogP contribution in [0.5, 0.6) is 0 Å². The zero-order chi connectivity index (χ0) is 14.3. The summed E-state index contributed by atoms with van der Waals surface area (Å²) in [5.74, 6) is -0.512. The van der Waals surface area contributed by atoms with Crippen LogP contribution in [-0.2, 0) is 9.63 Å². The van der Waals surface area contributed by atoms with Crippen molar-refractivity contribution in [3.63, 3.8) is 0 Å². The van der Waals surface area contributed by atoms with Gasteiger partial charge in [-0.15, -0.1) is 5.48 Å². The topological polar surface area (TPSA) is 73.8 Å². The third kappa shape index (κ3) is 4.57. The van der Waals surface area contributed by atoms with Gasteiger partial charge in [0, 0.05) is 6.54 Å². The molecule has 1 rings (SSSR count). The van der Waals surface area contributed by atoms with Crippen LogP contribution in [0.3, 0.4) is 0 Å². The number of aliphatic hydroxyl groups excluding tert-OH is 1. The maximum atomic E-state index is 11.9. The molecule has 3 N–H and O–H groups in total. The molecular formula is C13H23N3O3. The van der Waals surface area contributed by atoms with Gasteiger partial charge < -0.3 is 20.2 Å². The minimum Gasteiger partial charge on any atom is -0.480 e. The summed E-state index contributed by atoms with van der Waals surface area (Å²) in [4.78, 5) is 18.8. The van der Waals surface area contributed by atoms with Crippen molar-refractivity contribution in [2.45, 2.75) is 25.8 Å². The normalized spacial score (nSPS) is 18.6. The molecular weight excluding hydrogens is 246 g/mol. The predicted molar refractivity (Wildman–Crippen MR) is 73.3 cm³/mol. The fraction of sp³-hybridized carbons (Fsp3) is 0.615. The third-order valence-corrected chi connectivity index (χ3v) is 3.12. The minimum atomic E-state index is -0.684. The molecule has 0 aromatic heterocycles. The van der Waals surface area contributed by atoms with Gasteiger partial charge in [-0.3, -0.25) is 4.79 Å². The Labute approximate surface area is 114 Å². The Morgan fingerprint density at radius 2 is 2.37 bits per heavy atom. The number of hydroxylamine groups is 1. The monoisotopic (exact) mass is 269 g/mol. The summed E-state index contributed by atoms with van der Waals surface area (Å²) in [7, 11) is 2.07. The molecule has 108 valence electrons. The van der Waals surface area contributed by atoms with E-state index in [1.807, 2.05) is 0 Å². The Morgan fingerprint density at radius 1 is 1.63 bits per heavy atom. The van der Waals surface area contributed by atoms with Crippen LogP contribution in [0.25, 0.3) is 0 Å². The highest BCUT2D eigenvalue weighted by Gasteiger charge is 2.31. The van der Waals surface area contributed by atoms with Crippen LogP contribution in [0, 0.1) is 0 Å².